The van der Waals surface area contributed by atoms with Gasteiger partial charge in [-0.3, -0.25) is 4.79 Å². The molecule has 0 aliphatic heterocycles. The average Bonchev–Trinajstić information content (AvgIpc) is 2.54. The van der Waals surface area contributed by atoms with Crippen LogP contribution in [0.5, 0.6) is 0 Å². The van der Waals surface area contributed by atoms with E-state index >= 15 is 0 Å². The number of unbranched alkanes of at least 4 members (excludes halogenated alkanes) is 2. The molecule has 0 saturated carbocycles. The number of carbonyl (C=O) groups is 1. The smallest absolute Gasteiger partial charge is 0.280 e. The summed E-state index contributed by atoms with van der Waals surface area (Å²) in [6.07, 6.45) is 3.38. The largest absolute Gasteiger partial charge is 0.350 e. The molecular weight excluding hydrogens is 208 g/mol. The topological polar surface area (TPSA) is 42.0 Å². The zero-order valence-corrected chi connectivity index (χ0v) is 10.4. The van der Waals surface area contributed by atoms with Gasteiger partial charge in [0, 0.05) is 11.4 Å². The Hall–Kier alpha value is -0.900. The second-order valence-electron chi connectivity index (χ2n) is 3.62. The van der Waals surface area contributed by atoms with Gasteiger partial charge in [-0.05, 0) is 20.3 Å². The Balaban J connectivity index is 2.40. The summed E-state index contributed by atoms with van der Waals surface area (Å²) >= 11 is 1.46. The normalized spacial score (nSPS) is 10.3. The number of nitrogens with zero attached hydrogens (tertiary/aromatic N) is 1. The predicted octanol–water partition coefficient (Wildman–Crippen LogP) is 2.68. The van der Waals surface area contributed by atoms with Crippen LogP contribution in [0.25, 0.3) is 0 Å². The maximum absolute atomic E-state index is 11.6. The summed E-state index contributed by atoms with van der Waals surface area (Å²) in [5.74, 6) is -0.0349. The molecule has 1 N–H and O–H groups in total. The lowest BCUT2D eigenvalue weighted by Gasteiger charge is -2.01. The van der Waals surface area contributed by atoms with Crippen LogP contribution in [0, 0.1) is 13.8 Å². The Bertz CT molecular complexity index is 314. The van der Waals surface area contributed by atoms with Crippen LogP contribution in [0.1, 0.15) is 46.6 Å². The van der Waals surface area contributed by atoms with E-state index < -0.39 is 0 Å². The summed E-state index contributed by atoms with van der Waals surface area (Å²) in [6, 6.07) is 0. The number of hydrogen-bond donors (Lipinski definition) is 1. The lowest BCUT2D eigenvalue weighted by molar-refractivity contribution is 0.0952. The Kier molecular flexibility index (Phi) is 4.75. The lowest BCUT2D eigenvalue weighted by atomic mass is 10.2. The fourth-order valence-electron chi connectivity index (χ4n) is 1.22. The highest BCUT2D eigenvalue weighted by Crippen LogP contribution is 2.15. The Morgan fingerprint density at radius 1 is 1.40 bits per heavy atom. The molecule has 84 valence electrons. The van der Waals surface area contributed by atoms with Gasteiger partial charge in [0.1, 0.15) is 0 Å². The maximum atomic E-state index is 11.6. The average molecular weight is 226 g/mol. The predicted molar refractivity (Wildman–Crippen MR) is 63.4 cm³/mol. The van der Waals surface area contributed by atoms with Crippen LogP contribution in [0.2, 0.25) is 0 Å². The van der Waals surface area contributed by atoms with Gasteiger partial charge in [0.05, 0.1) is 5.69 Å². The molecule has 0 radical (unpaired) electrons. The highest BCUT2D eigenvalue weighted by molar-refractivity contribution is 7.13. The number of carbonyl (C=O) groups excluding carboxylic acids is 1. The molecule has 0 fully saturated rings. The van der Waals surface area contributed by atoms with E-state index in [4.69, 9.17) is 0 Å². The molecule has 1 heterocycles. The lowest BCUT2D eigenvalue weighted by Crippen LogP contribution is -2.24. The molecule has 0 atom stereocenters. The molecule has 3 nitrogen and oxygen atoms in total. The van der Waals surface area contributed by atoms with Crippen molar-refractivity contribution in [1.82, 2.24) is 10.3 Å². The summed E-state index contributed by atoms with van der Waals surface area (Å²) in [5, 5.41) is 3.47. The number of nitrogens with one attached hydrogen (secondary N) is 1. The quantitative estimate of drug-likeness (QED) is 0.784. The molecule has 0 aliphatic rings. The van der Waals surface area contributed by atoms with Crippen LogP contribution in [-0.4, -0.2) is 17.4 Å². The van der Waals surface area contributed by atoms with Crippen molar-refractivity contribution in [2.45, 2.75) is 40.0 Å². The van der Waals surface area contributed by atoms with E-state index in [0.717, 1.165) is 30.0 Å². The van der Waals surface area contributed by atoms with E-state index in [1.165, 1.54) is 17.8 Å². The number of aromatic nitrogens is 1. The van der Waals surface area contributed by atoms with Crippen LogP contribution in [0.4, 0.5) is 0 Å². The van der Waals surface area contributed by atoms with Gasteiger partial charge in [0.15, 0.2) is 5.01 Å². The highest BCUT2D eigenvalue weighted by Gasteiger charge is 2.11. The molecular formula is C11H18N2OS. The highest BCUT2D eigenvalue weighted by atomic mass is 32.1. The maximum Gasteiger partial charge on any atom is 0.280 e. The van der Waals surface area contributed by atoms with Gasteiger partial charge in [-0.2, -0.15) is 0 Å². The Morgan fingerprint density at radius 3 is 2.67 bits per heavy atom. The van der Waals surface area contributed by atoms with Gasteiger partial charge in [0.2, 0.25) is 0 Å². The van der Waals surface area contributed by atoms with Crippen molar-refractivity contribution in [3.05, 3.63) is 15.6 Å². The van der Waals surface area contributed by atoms with Crippen LogP contribution in [0.3, 0.4) is 0 Å². The number of rotatable bonds is 5. The van der Waals surface area contributed by atoms with Crippen LogP contribution in [-0.2, 0) is 0 Å². The summed E-state index contributed by atoms with van der Waals surface area (Å²) in [7, 11) is 0. The first-order chi connectivity index (χ1) is 7.15. The molecule has 4 heteroatoms. The SMILES string of the molecule is CCCCCNC(=O)c1nc(C)c(C)s1. The third-order valence-corrected chi connectivity index (χ3v) is 3.36. The first-order valence-corrected chi connectivity index (χ1v) is 6.19. The second-order valence-corrected chi connectivity index (χ2v) is 4.83. The van der Waals surface area contributed by atoms with Gasteiger partial charge in [-0.25, -0.2) is 4.98 Å². The molecule has 1 aromatic heterocycles. The Morgan fingerprint density at radius 2 is 2.13 bits per heavy atom. The standard InChI is InChI=1S/C11H18N2OS/c1-4-5-6-7-12-10(14)11-13-8(2)9(3)15-11/h4-7H2,1-3H3,(H,12,14). The first kappa shape index (κ1) is 12.2. The van der Waals surface area contributed by atoms with Crippen LogP contribution < -0.4 is 5.32 Å². The zero-order valence-electron chi connectivity index (χ0n) is 9.59. The van der Waals surface area contributed by atoms with Crippen molar-refractivity contribution in [3.8, 4) is 0 Å². The molecule has 0 bridgehead atoms. The van der Waals surface area contributed by atoms with E-state index in [0.29, 0.717) is 5.01 Å². The summed E-state index contributed by atoms with van der Waals surface area (Å²) in [5.41, 5.74) is 0.957. The zero-order chi connectivity index (χ0) is 11.3. The van der Waals surface area contributed by atoms with Crippen molar-refractivity contribution in [2.24, 2.45) is 0 Å². The fourth-order valence-corrected chi connectivity index (χ4v) is 2.05. The second kappa shape index (κ2) is 5.85. The van der Waals surface area contributed by atoms with E-state index in [1.54, 1.807) is 0 Å². The minimum absolute atomic E-state index is 0.0349. The van der Waals surface area contributed by atoms with Crippen molar-refractivity contribution in [1.29, 1.82) is 0 Å². The molecule has 1 aromatic rings. The van der Waals surface area contributed by atoms with Gasteiger partial charge >= 0.3 is 0 Å². The van der Waals surface area contributed by atoms with Crippen molar-refractivity contribution in [3.63, 3.8) is 0 Å². The molecule has 0 saturated heterocycles. The van der Waals surface area contributed by atoms with Crippen LogP contribution in [0.15, 0.2) is 0 Å². The molecule has 0 aliphatic carbocycles. The summed E-state index contributed by atoms with van der Waals surface area (Å²) < 4.78 is 0. The van der Waals surface area contributed by atoms with Crippen molar-refractivity contribution in [2.75, 3.05) is 6.54 Å². The van der Waals surface area contributed by atoms with Crippen molar-refractivity contribution < 1.29 is 4.79 Å². The molecule has 0 unspecified atom stereocenters. The van der Waals surface area contributed by atoms with E-state index in [1.807, 2.05) is 13.8 Å². The Labute approximate surface area is 94.9 Å². The molecule has 1 amide bonds. The van der Waals surface area contributed by atoms with Gasteiger partial charge in [-0.1, -0.05) is 19.8 Å². The third kappa shape index (κ3) is 3.63. The van der Waals surface area contributed by atoms with Crippen LogP contribution >= 0.6 is 11.3 Å². The summed E-state index contributed by atoms with van der Waals surface area (Å²) in [4.78, 5) is 16.9. The van der Waals surface area contributed by atoms with Gasteiger partial charge in [-0.15, -0.1) is 11.3 Å². The fraction of sp³-hybridized carbons (Fsp3) is 0.636. The summed E-state index contributed by atoms with van der Waals surface area (Å²) in [6.45, 7) is 6.82. The monoisotopic (exact) mass is 226 g/mol. The molecule has 0 spiro atoms. The minimum Gasteiger partial charge on any atom is -0.350 e. The number of hydrogen-bond acceptors (Lipinski definition) is 3. The van der Waals surface area contributed by atoms with E-state index in [9.17, 15) is 4.79 Å². The molecule has 15 heavy (non-hydrogen) atoms. The number of amides is 1. The van der Waals surface area contributed by atoms with Crippen molar-refractivity contribution >= 4 is 17.2 Å². The molecule has 1 rings (SSSR count). The molecule has 0 aromatic carbocycles. The van der Waals surface area contributed by atoms with E-state index in [-0.39, 0.29) is 5.91 Å². The number of aryl methyl sites for hydroxylation is 2. The van der Waals surface area contributed by atoms with E-state index in [2.05, 4.69) is 17.2 Å². The first-order valence-electron chi connectivity index (χ1n) is 5.37. The minimum atomic E-state index is -0.0349. The van der Waals surface area contributed by atoms with Gasteiger partial charge < -0.3 is 5.32 Å². The van der Waals surface area contributed by atoms with Gasteiger partial charge in [0.25, 0.3) is 5.91 Å². The third-order valence-electron chi connectivity index (χ3n) is 2.29. The number of thiazole rings is 1.